The zero-order chi connectivity index (χ0) is 29.1. The van der Waals surface area contributed by atoms with E-state index in [1.165, 1.54) is 18.2 Å². The Morgan fingerprint density at radius 1 is 0.829 bits per heavy atom. The number of fused-ring (bicyclic) bond motifs is 1. The van der Waals surface area contributed by atoms with Crippen LogP contribution in [0.1, 0.15) is 15.9 Å². The summed E-state index contributed by atoms with van der Waals surface area (Å²) in [6.45, 7) is 0. The van der Waals surface area contributed by atoms with Crippen LogP contribution >= 0.6 is 23.2 Å². The molecular weight excluding hydrogens is 578 g/mol. The van der Waals surface area contributed by atoms with Gasteiger partial charge in [0, 0.05) is 40.2 Å². The number of amides is 3. The van der Waals surface area contributed by atoms with Gasteiger partial charge >= 0.3 is 12.2 Å². The molecule has 0 aliphatic heterocycles. The Bertz CT molecular complexity index is 1780. The van der Waals surface area contributed by atoms with Gasteiger partial charge in [0.05, 0.1) is 26.8 Å². The fourth-order valence-electron chi connectivity index (χ4n) is 4.02. The molecule has 0 saturated carbocycles. The molecule has 3 aromatic carbocycles. The number of alkyl halides is 3. The predicted molar refractivity (Wildman–Crippen MR) is 153 cm³/mol. The van der Waals surface area contributed by atoms with Crippen LogP contribution < -0.4 is 16.0 Å². The largest absolute Gasteiger partial charge is 0.416 e. The molecule has 41 heavy (non-hydrogen) atoms. The van der Waals surface area contributed by atoms with E-state index in [0.717, 1.165) is 18.2 Å². The number of urea groups is 1. The summed E-state index contributed by atoms with van der Waals surface area (Å²) in [5.41, 5.74) is 0.521. The number of pyridine rings is 2. The Kier molecular flexibility index (Phi) is 7.78. The Balaban J connectivity index is 1.53. The molecule has 3 N–H and O–H groups in total. The number of nitrogens with one attached hydrogen (secondary N) is 3. The van der Waals surface area contributed by atoms with Gasteiger partial charge in [-0.25, -0.2) is 9.78 Å². The lowest BCUT2D eigenvalue weighted by Crippen LogP contribution is -2.20. The minimum absolute atomic E-state index is 0.0191. The van der Waals surface area contributed by atoms with Crippen LogP contribution in [0.2, 0.25) is 10.0 Å². The summed E-state index contributed by atoms with van der Waals surface area (Å²) in [7, 11) is 0. The van der Waals surface area contributed by atoms with Gasteiger partial charge in [0.15, 0.2) is 0 Å². The molecule has 0 saturated heterocycles. The first-order valence-corrected chi connectivity index (χ1v) is 12.7. The van der Waals surface area contributed by atoms with Gasteiger partial charge in [-0.2, -0.15) is 13.2 Å². The molecule has 0 bridgehead atoms. The number of carbonyl (C=O) groups is 2. The number of nitrogens with zero attached hydrogens (tertiary/aromatic N) is 2. The summed E-state index contributed by atoms with van der Waals surface area (Å²) in [5, 5.41) is 8.74. The molecule has 0 radical (unpaired) electrons. The molecular formula is C29H18Cl2F3N5O2. The summed E-state index contributed by atoms with van der Waals surface area (Å²) >= 11 is 13.3. The van der Waals surface area contributed by atoms with Crippen LogP contribution in [0.3, 0.4) is 0 Å². The molecule has 2 heterocycles. The van der Waals surface area contributed by atoms with Crippen molar-refractivity contribution >= 4 is 63.2 Å². The second-order valence-corrected chi connectivity index (χ2v) is 9.50. The first-order valence-electron chi connectivity index (χ1n) is 11.9. The zero-order valence-electron chi connectivity index (χ0n) is 20.8. The van der Waals surface area contributed by atoms with Gasteiger partial charge in [-0.15, -0.1) is 0 Å². The standard InChI is InChI=1S/C29H18Cl2F3N5O2/c30-21-9-10-23(38-27(40)16-5-4-6-18(13-16)29(32,33)34)25(31)24(21)20-14-17-15-35-12-11-22(17)37-26(20)39-28(41)36-19-7-2-1-3-8-19/h1-15H,(H,38,40)(H2,36,37,39,41). The van der Waals surface area contributed by atoms with Crippen LogP contribution in [0.4, 0.5) is 35.2 Å². The molecule has 0 fully saturated rings. The Labute approximate surface area is 241 Å². The predicted octanol–water partition coefficient (Wildman–Crippen LogP) is 8.52. The van der Waals surface area contributed by atoms with Crippen LogP contribution in [-0.2, 0) is 6.18 Å². The SMILES string of the molecule is O=C(Nc1ccccc1)Nc1nc2ccncc2cc1-c1c(Cl)ccc(NC(=O)c2cccc(C(F)(F)F)c2)c1Cl. The number of carbonyl (C=O) groups excluding carboxylic acids is 2. The maximum absolute atomic E-state index is 13.2. The van der Waals surface area contributed by atoms with Gasteiger partial charge in [0.25, 0.3) is 5.91 Å². The van der Waals surface area contributed by atoms with Crippen LogP contribution in [-0.4, -0.2) is 21.9 Å². The highest BCUT2D eigenvalue weighted by Crippen LogP contribution is 2.43. The molecule has 0 aliphatic rings. The molecule has 206 valence electrons. The average Bonchev–Trinajstić information content (AvgIpc) is 2.95. The van der Waals surface area contributed by atoms with Crippen molar-refractivity contribution in [3.8, 4) is 11.1 Å². The normalized spacial score (nSPS) is 11.2. The number of benzene rings is 3. The quantitative estimate of drug-likeness (QED) is 0.190. The minimum Gasteiger partial charge on any atom is -0.321 e. The van der Waals surface area contributed by atoms with Crippen molar-refractivity contribution in [3.05, 3.63) is 112 Å². The smallest absolute Gasteiger partial charge is 0.321 e. The van der Waals surface area contributed by atoms with Crippen molar-refractivity contribution in [1.82, 2.24) is 9.97 Å². The van der Waals surface area contributed by atoms with E-state index in [2.05, 4.69) is 25.9 Å². The maximum atomic E-state index is 13.2. The highest BCUT2D eigenvalue weighted by Gasteiger charge is 2.31. The minimum atomic E-state index is -4.62. The lowest BCUT2D eigenvalue weighted by molar-refractivity contribution is -0.137. The van der Waals surface area contributed by atoms with Crippen molar-refractivity contribution in [1.29, 1.82) is 0 Å². The summed E-state index contributed by atoms with van der Waals surface area (Å²) in [6.07, 6.45) is -1.50. The van der Waals surface area contributed by atoms with Crippen LogP contribution in [0.15, 0.2) is 91.3 Å². The molecule has 0 atom stereocenters. The van der Waals surface area contributed by atoms with Gasteiger partial charge in [0.2, 0.25) is 0 Å². The summed E-state index contributed by atoms with van der Waals surface area (Å²) < 4.78 is 39.5. The van der Waals surface area contributed by atoms with Crippen molar-refractivity contribution in [2.75, 3.05) is 16.0 Å². The Morgan fingerprint density at radius 2 is 1.61 bits per heavy atom. The number of aromatic nitrogens is 2. The topological polar surface area (TPSA) is 96.0 Å². The summed E-state index contributed by atoms with van der Waals surface area (Å²) in [4.78, 5) is 34.4. The van der Waals surface area contributed by atoms with Crippen LogP contribution in [0.25, 0.3) is 22.0 Å². The molecule has 5 aromatic rings. The lowest BCUT2D eigenvalue weighted by atomic mass is 10.0. The van der Waals surface area contributed by atoms with Crippen LogP contribution in [0, 0.1) is 0 Å². The lowest BCUT2D eigenvalue weighted by Gasteiger charge is -2.17. The third-order valence-corrected chi connectivity index (χ3v) is 6.65. The second-order valence-electron chi connectivity index (χ2n) is 8.71. The summed E-state index contributed by atoms with van der Waals surface area (Å²) in [6, 6.07) is 18.4. The van der Waals surface area contributed by atoms with E-state index in [0.29, 0.717) is 22.2 Å². The third kappa shape index (κ3) is 6.24. The maximum Gasteiger partial charge on any atom is 0.416 e. The van der Waals surface area contributed by atoms with Gasteiger partial charge in [0.1, 0.15) is 5.82 Å². The number of hydrogen-bond donors (Lipinski definition) is 3. The highest BCUT2D eigenvalue weighted by atomic mass is 35.5. The highest BCUT2D eigenvalue weighted by molar-refractivity contribution is 6.41. The molecule has 3 amide bonds. The first kappa shape index (κ1) is 27.9. The molecule has 7 nitrogen and oxygen atoms in total. The molecule has 2 aromatic heterocycles. The van der Waals surface area contributed by atoms with Crippen molar-refractivity contribution in [2.24, 2.45) is 0 Å². The molecule has 0 spiro atoms. The molecule has 0 unspecified atom stereocenters. The van der Waals surface area contributed by atoms with Crippen molar-refractivity contribution in [3.63, 3.8) is 0 Å². The molecule has 0 aliphatic carbocycles. The number of hydrogen-bond acceptors (Lipinski definition) is 4. The molecule has 5 rings (SSSR count). The Morgan fingerprint density at radius 3 is 2.37 bits per heavy atom. The average molecular weight is 596 g/mol. The van der Waals surface area contributed by atoms with E-state index < -0.39 is 23.7 Å². The van der Waals surface area contributed by atoms with E-state index in [1.54, 1.807) is 48.8 Å². The van der Waals surface area contributed by atoms with E-state index in [9.17, 15) is 22.8 Å². The van der Waals surface area contributed by atoms with Gasteiger partial charge in [-0.05, 0) is 54.6 Å². The number of rotatable bonds is 5. The Hall–Kier alpha value is -4.67. The zero-order valence-corrected chi connectivity index (χ0v) is 22.3. The monoisotopic (exact) mass is 595 g/mol. The van der Waals surface area contributed by atoms with E-state index in [-0.39, 0.29) is 32.7 Å². The number of halogens is 5. The van der Waals surface area contributed by atoms with E-state index >= 15 is 0 Å². The fraction of sp³-hybridized carbons (Fsp3) is 0.0345. The number of anilines is 3. The molecule has 12 heteroatoms. The van der Waals surface area contributed by atoms with Gasteiger partial charge in [-0.3, -0.25) is 15.1 Å². The van der Waals surface area contributed by atoms with Crippen molar-refractivity contribution in [2.45, 2.75) is 6.18 Å². The van der Waals surface area contributed by atoms with Gasteiger partial charge in [-0.1, -0.05) is 47.5 Å². The second kappa shape index (κ2) is 11.4. The van der Waals surface area contributed by atoms with Crippen molar-refractivity contribution < 1.29 is 22.8 Å². The van der Waals surface area contributed by atoms with Crippen LogP contribution in [0.5, 0.6) is 0 Å². The summed E-state index contributed by atoms with van der Waals surface area (Å²) in [5.74, 6) is -0.699. The number of para-hydroxylation sites is 1. The third-order valence-electron chi connectivity index (χ3n) is 5.94. The fourth-order valence-corrected chi connectivity index (χ4v) is 4.64. The van der Waals surface area contributed by atoms with E-state index in [1.807, 2.05) is 6.07 Å². The first-order chi connectivity index (χ1) is 19.6. The van der Waals surface area contributed by atoms with E-state index in [4.69, 9.17) is 23.2 Å². The van der Waals surface area contributed by atoms with Gasteiger partial charge < -0.3 is 10.6 Å².